The number of aryl methyl sites for hydroxylation is 1. The molecule has 0 atom stereocenters. The molecule has 5 heteroatoms. The van der Waals surface area contributed by atoms with E-state index in [-0.39, 0.29) is 5.91 Å². The van der Waals surface area contributed by atoms with Crippen molar-refractivity contribution in [3.8, 4) is 0 Å². The van der Waals surface area contributed by atoms with Crippen molar-refractivity contribution in [1.29, 1.82) is 0 Å². The molecule has 92 valence electrons. The number of hydrogen-bond donors (Lipinski definition) is 1. The number of carbonyl (C=O) groups is 1. The van der Waals surface area contributed by atoms with Crippen LogP contribution in [0.5, 0.6) is 0 Å². The summed E-state index contributed by atoms with van der Waals surface area (Å²) in [4.78, 5) is 14.3. The van der Waals surface area contributed by atoms with Gasteiger partial charge in [0.05, 0.1) is 0 Å². The summed E-state index contributed by atoms with van der Waals surface area (Å²) in [7, 11) is 1.94. The van der Waals surface area contributed by atoms with E-state index in [1.807, 2.05) is 16.6 Å². The van der Waals surface area contributed by atoms with Gasteiger partial charge in [-0.05, 0) is 19.3 Å². The Hall–Kier alpha value is -1.36. The molecule has 0 bridgehead atoms. The van der Waals surface area contributed by atoms with Gasteiger partial charge in [0.1, 0.15) is 0 Å². The summed E-state index contributed by atoms with van der Waals surface area (Å²) in [5, 5.41) is 7.67. The standard InChI is InChI=1S/C12H18N4O/c1-15-10-4-2-3-9(10)11(14-15)12(17)16-7-5-13-6-8-16/h13H,2-8H2,1H3. The molecule has 2 aliphatic rings. The van der Waals surface area contributed by atoms with E-state index < -0.39 is 0 Å². The highest BCUT2D eigenvalue weighted by Crippen LogP contribution is 2.25. The minimum atomic E-state index is 0.116. The molecular weight excluding hydrogens is 216 g/mol. The number of rotatable bonds is 1. The van der Waals surface area contributed by atoms with Crippen molar-refractivity contribution >= 4 is 5.91 Å². The lowest BCUT2D eigenvalue weighted by atomic mass is 10.1. The SMILES string of the molecule is Cn1nc(C(=O)N2CCNCC2)c2c1CCC2. The molecule has 1 aliphatic heterocycles. The third-order valence-corrected chi connectivity index (χ3v) is 3.72. The van der Waals surface area contributed by atoms with Gasteiger partial charge in [-0.1, -0.05) is 0 Å². The quantitative estimate of drug-likeness (QED) is 0.741. The molecule has 17 heavy (non-hydrogen) atoms. The molecule has 0 unspecified atom stereocenters. The highest BCUT2D eigenvalue weighted by Gasteiger charge is 2.28. The summed E-state index contributed by atoms with van der Waals surface area (Å²) in [6.45, 7) is 3.37. The molecule has 5 nitrogen and oxygen atoms in total. The van der Waals surface area contributed by atoms with Gasteiger partial charge >= 0.3 is 0 Å². The average Bonchev–Trinajstić information content (AvgIpc) is 2.94. The molecule has 1 aromatic rings. The molecule has 1 aliphatic carbocycles. The smallest absolute Gasteiger partial charge is 0.274 e. The van der Waals surface area contributed by atoms with Crippen LogP contribution in [0.1, 0.15) is 28.2 Å². The summed E-state index contributed by atoms with van der Waals surface area (Å²) in [6.07, 6.45) is 3.23. The Morgan fingerprint density at radius 1 is 1.29 bits per heavy atom. The second-order valence-corrected chi connectivity index (χ2v) is 4.79. The molecular formula is C12H18N4O. The summed E-state index contributed by atoms with van der Waals surface area (Å²) in [6, 6.07) is 0. The summed E-state index contributed by atoms with van der Waals surface area (Å²) in [5.74, 6) is 0.116. The maximum atomic E-state index is 12.4. The molecule has 1 fully saturated rings. The number of piperazine rings is 1. The Balaban J connectivity index is 1.88. The van der Waals surface area contributed by atoms with Gasteiger partial charge in [0, 0.05) is 44.5 Å². The molecule has 1 saturated heterocycles. The zero-order chi connectivity index (χ0) is 11.8. The Morgan fingerprint density at radius 3 is 2.82 bits per heavy atom. The van der Waals surface area contributed by atoms with Crippen LogP contribution in [0.25, 0.3) is 0 Å². The van der Waals surface area contributed by atoms with Crippen LogP contribution >= 0.6 is 0 Å². The third kappa shape index (κ3) is 1.74. The largest absolute Gasteiger partial charge is 0.335 e. The van der Waals surface area contributed by atoms with Crippen molar-refractivity contribution in [2.45, 2.75) is 19.3 Å². The molecule has 0 aromatic carbocycles. The zero-order valence-electron chi connectivity index (χ0n) is 10.2. The Labute approximate surface area is 101 Å². The normalized spacial score (nSPS) is 19.5. The van der Waals surface area contributed by atoms with Gasteiger partial charge in [-0.3, -0.25) is 9.48 Å². The van der Waals surface area contributed by atoms with Gasteiger partial charge in [0.2, 0.25) is 0 Å². The van der Waals surface area contributed by atoms with Crippen molar-refractivity contribution in [2.24, 2.45) is 7.05 Å². The van der Waals surface area contributed by atoms with Crippen molar-refractivity contribution in [1.82, 2.24) is 20.0 Å². The van der Waals surface area contributed by atoms with Gasteiger partial charge in [0.15, 0.2) is 5.69 Å². The van der Waals surface area contributed by atoms with E-state index in [4.69, 9.17) is 0 Å². The van der Waals surface area contributed by atoms with Gasteiger partial charge in [-0.25, -0.2) is 0 Å². The molecule has 0 saturated carbocycles. The number of nitrogens with one attached hydrogen (secondary N) is 1. The van der Waals surface area contributed by atoms with E-state index in [9.17, 15) is 4.79 Å². The van der Waals surface area contributed by atoms with Crippen molar-refractivity contribution in [2.75, 3.05) is 26.2 Å². The molecule has 1 N–H and O–H groups in total. The lowest BCUT2D eigenvalue weighted by Gasteiger charge is -2.26. The van der Waals surface area contributed by atoms with Crippen LogP contribution in [0, 0.1) is 0 Å². The summed E-state index contributed by atoms with van der Waals surface area (Å²) in [5.41, 5.74) is 3.14. The summed E-state index contributed by atoms with van der Waals surface area (Å²) < 4.78 is 1.89. The minimum Gasteiger partial charge on any atom is -0.335 e. The highest BCUT2D eigenvalue weighted by atomic mass is 16.2. The fourth-order valence-corrected chi connectivity index (χ4v) is 2.80. The first kappa shape index (κ1) is 10.8. The Kier molecular flexibility index (Phi) is 2.63. The van der Waals surface area contributed by atoms with Crippen LogP contribution < -0.4 is 5.32 Å². The van der Waals surface area contributed by atoms with E-state index in [0.717, 1.165) is 45.4 Å². The van der Waals surface area contributed by atoms with E-state index in [1.165, 1.54) is 11.3 Å². The van der Waals surface area contributed by atoms with Crippen molar-refractivity contribution in [3.05, 3.63) is 17.0 Å². The lowest BCUT2D eigenvalue weighted by Crippen LogP contribution is -2.46. The molecule has 2 heterocycles. The van der Waals surface area contributed by atoms with Crippen LogP contribution in [0.15, 0.2) is 0 Å². The fraction of sp³-hybridized carbons (Fsp3) is 0.667. The molecule has 3 rings (SSSR count). The first-order valence-electron chi connectivity index (χ1n) is 6.32. The zero-order valence-corrected chi connectivity index (χ0v) is 10.2. The molecule has 0 spiro atoms. The van der Waals surface area contributed by atoms with Gasteiger partial charge in [0.25, 0.3) is 5.91 Å². The Bertz CT molecular complexity index is 446. The van der Waals surface area contributed by atoms with E-state index in [0.29, 0.717) is 5.69 Å². The predicted molar refractivity (Wildman–Crippen MR) is 64.0 cm³/mol. The molecule has 0 radical (unpaired) electrons. The second kappa shape index (κ2) is 4.14. The van der Waals surface area contributed by atoms with Crippen molar-refractivity contribution in [3.63, 3.8) is 0 Å². The lowest BCUT2D eigenvalue weighted by molar-refractivity contribution is 0.0728. The van der Waals surface area contributed by atoms with E-state index in [2.05, 4.69) is 10.4 Å². The molecule has 1 amide bonds. The Morgan fingerprint density at radius 2 is 2.06 bits per heavy atom. The van der Waals surface area contributed by atoms with Gasteiger partial charge in [-0.2, -0.15) is 5.10 Å². The topological polar surface area (TPSA) is 50.2 Å². The number of fused-ring (bicyclic) bond motifs is 1. The van der Waals surface area contributed by atoms with Crippen LogP contribution in [0.4, 0.5) is 0 Å². The number of hydrogen-bond acceptors (Lipinski definition) is 3. The monoisotopic (exact) mass is 234 g/mol. The number of aromatic nitrogens is 2. The van der Waals surface area contributed by atoms with E-state index >= 15 is 0 Å². The maximum absolute atomic E-state index is 12.4. The van der Waals surface area contributed by atoms with Crippen molar-refractivity contribution < 1.29 is 4.79 Å². The van der Waals surface area contributed by atoms with Crippen LogP contribution in [0.2, 0.25) is 0 Å². The van der Waals surface area contributed by atoms with E-state index in [1.54, 1.807) is 0 Å². The predicted octanol–water partition coefficient (Wildman–Crippen LogP) is -0.0458. The fourth-order valence-electron chi connectivity index (χ4n) is 2.80. The molecule has 1 aromatic heterocycles. The van der Waals surface area contributed by atoms with Crippen LogP contribution in [0.3, 0.4) is 0 Å². The number of amides is 1. The summed E-state index contributed by atoms with van der Waals surface area (Å²) >= 11 is 0. The third-order valence-electron chi connectivity index (χ3n) is 3.72. The van der Waals surface area contributed by atoms with Gasteiger partial charge in [-0.15, -0.1) is 0 Å². The average molecular weight is 234 g/mol. The second-order valence-electron chi connectivity index (χ2n) is 4.79. The van der Waals surface area contributed by atoms with Crippen LogP contribution in [-0.2, 0) is 19.9 Å². The highest BCUT2D eigenvalue weighted by molar-refractivity contribution is 5.94. The van der Waals surface area contributed by atoms with Crippen LogP contribution in [-0.4, -0.2) is 46.8 Å². The maximum Gasteiger partial charge on any atom is 0.274 e. The minimum absolute atomic E-state index is 0.116. The first-order valence-corrected chi connectivity index (χ1v) is 6.32. The van der Waals surface area contributed by atoms with Gasteiger partial charge < -0.3 is 10.2 Å². The first-order chi connectivity index (χ1) is 8.27. The number of carbonyl (C=O) groups excluding carboxylic acids is 1. The number of nitrogens with zero attached hydrogens (tertiary/aromatic N) is 3.